The molecule has 4 heterocycles. The Kier molecular flexibility index (Phi) is 7.11. The molecule has 6 rings (SSSR count). The molecule has 0 bridgehead atoms. The molecule has 1 N–H and O–H groups in total. The summed E-state index contributed by atoms with van der Waals surface area (Å²) < 4.78 is 0. The molecule has 0 spiro atoms. The number of nitrogens with zero attached hydrogens (tertiary/aromatic N) is 6. The molecule has 3 aliphatic heterocycles. The average Bonchev–Trinajstić information content (AvgIpc) is 2.98. The van der Waals surface area contributed by atoms with Crippen LogP contribution in [0.3, 0.4) is 0 Å². The fraction of sp³-hybridized carbons (Fsp3) is 0.452. The average molecular weight is 524 g/mol. The van der Waals surface area contributed by atoms with Crippen molar-refractivity contribution in [2.75, 3.05) is 62.2 Å². The molecule has 8 heteroatoms. The number of fused-ring (bicyclic) bond motifs is 2. The predicted octanol–water partition coefficient (Wildman–Crippen LogP) is 3.00. The van der Waals surface area contributed by atoms with Gasteiger partial charge in [0.25, 0.3) is 0 Å². The Bertz CT molecular complexity index is 1400. The van der Waals surface area contributed by atoms with Gasteiger partial charge in [0.1, 0.15) is 6.07 Å². The Morgan fingerprint density at radius 1 is 1.03 bits per heavy atom. The van der Waals surface area contributed by atoms with Crippen LogP contribution < -0.4 is 15.1 Å². The summed E-state index contributed by atoms with van der Waals surface area (Å²) in [6.07, 6.45) is 2.66. The highest BCUT2D eigenvalue weighted by Crippen LogP contribution is 2.31. The zero-order valence-electron chi connectivity index (χ0n) is 22.9. The van der Waals surface area contributed by atoms with Crippen molar-refractivity contribution in [1.29, 1.82) is 5.26 Å². The normalized spacial score (nSPS) is 22.0. The minimum atomic E-state index is 0.215. The minimum Gasteiger partial charge on any atom is -0.369 e. The fourth-order valence-electron chi connectivity index (χ4n) is 6.52. The van der Waals surface area contributed by atoms with Crippen LogP contribution in [0, 0.1) is 11.3 Å². The molecule has 1 amide bonds. The van der Waals surface area contributed by atoms with Gasteiger partial charge >= 0.3 is 0 Å². The number of carbonyl (C=O) groups is 1. The maximum Gasteiger partial charge on any atom is 0.237 e. The van der Waals surface area contributed by atoms with Crippen LogP contribution in [0.15, 0.2) is 48.7 Å². The van der Waals surface area contributed by atoms with Crippen molar-refractivity contribution in [1.82, 2.24) is 20.1 Å². The van der Waals surface area contributed by atoms with Crippen molar-refractivity contribution >= 4 is 28.2 Å². The molecule has 1 aromatic heterocycles. The fourth-order valence-corrected chi connectivity index (χ4v) is 6.52. The first kappa shape index (κ1) is 25.6. The second-order valence-corrected chi connectivity index (χ2v) is 11.2. The monoisotopic (exact) mass is 523 g/mol. The molecule has 2 atom stereocenters. The SMILES string of the molecule is C[C@@H]1CN(c2ccc(C#N)c3ncccc23)C[C@H](C)N1CC(=O)N1CCc2cc(N3CCNCC3)ccc2C1. The second kappa shape index (κ2) is 10.8. The van der Waals surface area contributed by atoms with Crippen LogP contribution >= 0.6 is 0 Å². The van der Waals surface area contributed by atoms with Gasteiger partial charge in [-0.2, -0.15) is 5.26 Å². The van der Waals surface area contributed by atoms with E-state index in [1.54, 1.807) is 6.20 Å². The number of hydrogen-bond acceptors (Lipinski definition) is 7. The third-order valence-electron chi connectivity index (χ3n) is 8.66. The van der Waals surface area contributed by atoms with E-state index in [4.69, 9.17) is 0 Å². The highest BCUT2D eigenvalue weighted by Gasteiger charge is 2.33. The summed E-state index contributed by atoms with van der Waals surface area (Å²) in [6, 6.07) is 17.4. The van der Waals surface area contributed by atoms with E-state index in [0.29, 0.717) is 18.7 Å². The van der Waals surface area contributed by atoms with Crippen LogP contribution in [0.4, 0.5) is 11.4 Å². The van der Waals surface area contributed by atoms with Crippen LogP contribution in [0.5, 0.6) is 0 Å². The maximum atomic E-state index is 13.5. The number of nitriles is 1. The van der Waals surface area contributed by atoms with Crippen molar-refractivity contribution in [3.8, 4) is 6.07 Å². The number of carbonyl (C=O) groups excluding carboxylic acids is 1. The maximum absolute atomic E-state index is 13.5. The van der Waals surface area contributed by atoms with E-state index in [1.807, 2.05) is 29.2 Å². The highest BCUT2D eigenvalue weighted by molar-refractivity contribution is 5.95. The van der Waals surface area contributed by atoms with E-state index in [2.05, 4.69) is 63.1 Å². The summed E-state index contributed by atoms with van der Waals surface area (Å²) >= 11 is 0. The minimum absolute atomic E-state index is 0.215. The van der Waals surface area contributed by atoms with Gasteiger partial charge in [0.2, 0.25) is 5.91 Å². The number of anilines is 2. The first-order valence-electron chi connectivity index (χ1n) is 14.2. The predicted molar refractivity (Wildman–Crippen MR) is 155 cm³/mol. The summed E-state index contributed by atoms with van der Waals surface area (Å²) in [4.78, 5) is 27.2. The van der Waals surface area contributed by atoms with E-state index >= 15 is 0 Å². The lowest BCUT2D eigenvalue weighted by atomic mass is 9.98. The van der Waals surface area contributed by atoms with Crippen LogP contribution in [-0.4, -0.2) is 85.1 Å². The summed E-state index contributed by atoms with van der Waals surface area (Å²) in [5.74, 6) is 0.215. The largest absolute Gasteiger partial charge is 0.369 e. The van der Waals surface area contributed by atoms with Crippen molar-refractivity contribution in [3.63, 3.8) is 0 Å². The zero-order valence-corrected chi connectivity index (χ0v) is 22.9. The van der Waals surface area contributed by atoms with Gasteiger partial charge in [-0.15, -0.1) is 0 Å². The number of aromatic nitrogens is 1. The van der Waals surface area contributed by atoms with Crippen molar-refractivity contribution < 1.29 is 4.79 Å². The molecule has 0 aliphatic carbocycles. The first-order valence-corrected chi connectivity index (χ1v) is 14.2. The molecular formula is C31H37N7O. The van der Waals surface area contributed by atoms with E-state index in [9.17, 15) is 10.1 Å². The topological polar surface area (TPSA) is 78.7 Å². The molecular weight excluding hydrogens is 486 g/mol. The number of benzene rings is 2. The van der Waals surface area contributed by atoms with Gasteiger partial charge in [-0.3, -0.25) is 14.7 Å². The van der Waals surface area contributed by atoms with Crippen LogP contribution in [0.2, 0.25) is 0 Å². The number of rotatable bonds is 4. The van der Waals surface area contributed by atoms with Gasteiger partial charge < -0.3 is 20.0 Å². The van der Waals surface area contributed by atoms with Gasteiger partial charge in [0.05, 0.1) is 17.6 Å². The second-order valence-electron chi connectivity index (χ2n) is 11.2. The third kappa shape index (κ3) is 5.05. The molecule has 2 saturated heterocycles. The lowest BCUT2D eigenvalue weighted by Crippen LogP contribution is -2.59. The number of amides is 1. The molecule has 3 aliphatic rings. The molecule has 2 fully saturated rings. The molecule has 3 aromatic rings. The molecule has 0 saturated carbocycles. The number of nitrogens with one attached hydrogen (secondary N) is 1. The molecule has 8 nitrogen and oxygen atoms in total. The zero-order chi connectivity index (χ0) is 26.9. The van der Waals surface area contributed by atoms with Crippen LogP contribution in [-0.2, 0) is 17.8 Å². The molecule has 0 radical (unpaired) electrons. The van der Waals surface area contributed by atoms with Crippen molar-refractivity contribution in [3.05, 3.63) is 65.4 Å². The Hall–Kier alpha value is -3.67. The van der Waals surface area contributed by atoms with Gasteiger partial charge in [0.15, 0.2) is 0 Å². The standard InChI is InChI=1S/C31H37N7O/c1-22-18-37(29-8-6-25(17-32)31-28(29)4-3-10-34-31)19-23(2)38(22)21-30(39)36-13-9-24-16-27(7-5-26(24)20-36)35-14-11-33-12-15-35/h3-8,10,16,22-23,33H,9,11-15,18-21H2,1-2H3/t22-,23+. The Balaban J connectivity index is 1.11. The van der Waals surface area contributed by atoms with E-state index in [-0.39, 0.29) is 18.0 Å². The van der Waals surface area contributed by atoms with Crippen molar-refractivity contribution in [2.24, 2.45) is 0 Å². The lowest BCUT2D eigenvalue weighted by Gasteiger charge is -2.46. The van der Waals surface area contributed by atoms with Gasteiger partial charge in [-0.05, 0) is 67.8 Å². The summed E-state index contributed by atoms with van der Waals surface area (Å²) in [7, 11) is 0. The van der Waals surface area contributed by atoms with Gasteiger partial charge in [-0.25, -0.2) is 0 Å². The summed E-state index contributed by atoms with van der Waals surface area (Å²) in [6.45, 7) is 12.2. The summed E-state index contributed by atoms with van der Waals surface area (Å²) in [5.41, 5.74) is 6.43. The van der Waals surface area contributed by atoms with Crippen molar-refractivity contribution in [2.45, 2.75) is 38.9 Å². The number of hydrogen-bond donors (Lipinski definition) is 1. The Morgan fingerprint density at radius 2 is 1.82 bits per heavy atom. The molecule has 202 valence electrons. The summed E-state index contributed by atoms with van der Waals surface area (Å²) in [5, 5.41) is 13.9. The lowest BCUT2D eigenvalue weighted by molar-refractivity contribution is -0.134. The van der Waals surface area contributed by atoms with Crippen LogP contribution in [0.25, 0.3) is 10.9 Å². The number of piperazine rings is 2. The Labute approximate surface area is 230 Å². The molecule has 0 unspecified atom stereocenters. The van der Waals surface area contributed by atoms with Crippen LogP contribution in [0.1, 0.15) is 30.5 Å². The first-order chi connectivity index (χ1) is 19.0. The number of pyridine rings is 1. The van der Waals surface area contributed by atoms with E-state index < -0.39 is 0 Å². The molecule has 39 heavy (non-hydrogen) atoms. The third-order valence-corrected chi connectivity index (χ3v) is 8.66. The Morgan fingerprint density at radius 3 is 2.59 bits per heavy atom. The van der Waals surface area contributed by atoms with E-state index in [1.165, 1.54) is 16.8 Å². The van der Waals surface area contributed by atoms with Gasteiger partial charge in [0, 0.05) is 87.4 Å². The van der Waals surface area contributed by atoms with Gasteiger partial charge in [-0.1, -0.05) is 6.07 Å². The van der Waals surface area contributed by atoms with E-state index in [0.717, 1.165) is 68.8 Å². The molecule has 2 aromatic carbocycles. The smallest absolute Gasteiger partial charge is 0.237 e. The quantitative estimate of drug-likeness (QED) is 0.563. The highest BCUT2D eigenvalue weighted by atomic mass is 16.2.